The lowest BCUT2D eigenvalue weighted by atomic mass is 9.97. The first-order valence-electron chi connectivity index (χ1n) is 23.0. The average Bonchev–Trinajstić information content (AvgIpc) is 3.91. The number of aldehydes is 1. The second-order valence-corrected chi connectivity index (χ2v) is 17.6. The van der Waals surface area contributed by atoms with E-state index in [4.69, 9.17) is 4.74 Å². The van der Waals surface area contributed by atoms with Crippen molar-refractivity contribution < 1.29 is 19.1 Å². The number of benzene rings is 3. The number of ether oxygens (including phenoxy) is 1. The van der Waals surface area contributed by atoms with Gasteiger partial charge in [-0.1, -0.05) is 99.5 Å². The summed E-state index contributed by atoms with van der Waals surface area (Å²) in [5, 5.41) is 8.18. The van der Waals surface area contributed by atoms with E-state index >= 15 is 0 Å². The molecule has 3 atom stereocenters. The van der Waals surface area contributed by atoms with Gasteiger partial charge in [0.2, 0.25) is 0 Å². The first-order chi connectivity index (χ1) is 30.3. The number of hydrogen-bond acceptors (Lipinski definition) is 4. The second-order valence-electron chi connectivity index (χ2n) is 17.6. The summed E-state index contributed by atoms with van der Waals surface area (Å²) in [5.41, 5.74) is 5.92. The lowest BCUT2D eigenvalue weighted by Gasteiger charge is -2.33. The predicted molar refractivity (Wildman–Crippen MR) is 263 cm³/mol. The highest BCUT2D eigenvalue weighted by molar-refractivity contribution is 6.17. The van der Waals surface area contributed by atoms with Crippen molar-refractivity contribution in [3.05, 3.63) is 123 Å². The number of fused-ring (bicyclic) bond motifs is 1. The Morgan fingerprint density at radius 1 is 0.778 bits per heavy atom. The van der Waals surface area contributed by atoms with E-state index in [-0.39, 0.29) is 23.7 Å². The van der Waals surface area contributed by atoms with Crippen LogP contribution in [0.5, 0.6) is 0 Å². The van der Waals surface area contributed by atoms with Gasteiger partial charge < -0.3 is 18.8 Å². The van der Waals surface area contributed by atoms with E-state index in [9.17, 15) is 14.4 Å². The molecule has 3 aromatic carbocycles. The van der Waals surface area contributed by atoms with Gasteiger partial charge in [-0.15, -0.1) is 0 Å². The summed E-state index contributed by atoms with van der Waals surface area (Å²) in [6.07, 6.45) is 20.9. The molecule has 0 spiro atoms. The molecule has 0 saturated heterocycles. The number of urea groups is 1. The Labute approximate surface area is 374 Å². The fourth-order valence-electron chi connectivity index (χ4n) is 9.72. The first-order valence-corrected chi connectivity index (χ1v) is 23.0. The van der Waals surface area contributed by atoms with Crippen LogP contribution in [0.3, 0.4) is 0 Å². The number of likely N-dealkylation sites (N-methyl/N-ethyl adjacent to an activating group) is 1. The third kappa shape index (κ3) is 9.19. The second kappa shape index (κ2) is 20.6. The molecule has 3 unspecified atom stereocenters. The number of carbonyl (C=O) groups excluding carboxylic acids is 3. The highest BCUT2D eigenvalue weighted by Crippen LogP contribution is 2.39. The molecule has 1 fully saturated rings. The Bertz CT molecular complexity index is 2800. The topological polar surface area (TPSA) is 76.8 Å². The van der Waals surface area contributed by atoms with Crippen LogP contribution in [0.1, 0.15) is 112 Å². The molecule has 0 bridgehead atoms. The number of aryl methyl sites for hydroxylation is 1. The number of imide groups is 1. The molecule has 63 heavy (non-hydrogen) atoms. The van der Waals surface area contributed by atoms with Crippen LogP contribution >= 0.6 is 0 Å². The van der Waals surface area contributed by atoms with Gasteiger partial charge >= 0.3 is 6.03 Å². The number of rotatable bonds is 15. The van der Waals surface area contributed by atoms with E-state index in [1.54, 1.807) is 14.2 Å². The van der Waals surface area contributed by atoms with Crippen molar-refractivity contribution in [1.29, 1.82) is 0 Å². The molecule has 1 saturated carbocycles. The highest BCUT2D eigenvalue weighted by atomic mass is 16.5. The molecule has 8 heteroatoms. The van der Waals surface area contributed by atoms with E-state index in [0.717, 1.165) is 52.7 Å². The minimum Gasteiger partial charge on any atom is -0.383 e. The summed E-state index contributed by atoms with van der Waals surface area (Å²) in [7, 11) is 3.26. The fraction of sp³-hybridized carbons (Fsp3) is 0.400. The van der Waals surface area contributed by atoms with Crippen molar-refractivity contribution in [2.24, 2.45) is 0 Å². The van der Waals surface area contributed by atoms with Gasteiger partial charge in [0, 0.05) is 70.2 Å². The van der Waals surface area contributed by atoms with Gasteiger partial charge in [-0.3, -0.25) is 14.5 Å². The molecular weight excluding hydrogens is 781 g/mol. The smallest absolute Gasteiger partial charge is 0.327 e. The minimum absolute atomic E-state index is 0.0143. The Morgan fingerprint density at radius 3 is 1.92 bits per heavy atom. The number of nitrogens with zero attached hydrogens (tertiary/aromatic N) is 4. The maximum absolute atomic E-state index is 14.9. The van der Waals surface area contributed by atoms with Crippen LogP contribution in [0.25, 0.3) is 50.8 Å². The zero-order valence-electron chi connectivity index (χ0n) is 39.5. The molecule has 5 aromatic rings. The average molecular weight is 849 g/mol. The summed E-state index contributed by atoms with van der Waals surface area (Å²) in [4.78, 5) is 45.4. The molecule has 1 aliphatic carbocycles. The third-order valence-corrected chi connectivity index (χ3v) is 12.9. The number of amides is 3. The standard InChI is InChI=1S/C55H68N4O4/c1-12-15-21-41-23-17-26-49-51(41)40(9)47(58(49)37(6)19-13-2)32-30-43-28-29-44(52(43)46(34-60)54(61)57(36(4)5)55(62)56(10)39(8)35-63-11)31-33-48-45-25-16-22-42-24-18-27-50(53(42)45)59(48)38(7)20-14-3/h12,15-18,21-27,30-34,36-39H,13-14,19-20,28-29,35H2,1-11H3/b15-12-,41-21-,43-30+,44-31-,47-32+,48-33+,52-46-. The van der Waals surface area contributed by atoms with Gasteiger partial charge in [-0.05, 0) is 131 Å². The largest absolute Gasteiger partial charge is 0.383 e. The van der Waals surface area contributed by atoms with Crippen LogP contribution in [0.15, 0.2) is 101 Å². The van der Waals surface area contributed by atoms with E-state index in [0.29, 0.717) is 31.3 Å². The molecule has 2 heterocycles. The normalized spacial score (nSPS) is 18.0. The number of allylic oxidation sites excluding steroid dienone is 7. The van der Waals surface area contributed by atoms with Crippen molar-refractivity contribution >= 4 is 69.0 Å². The maximum atomic E-state index is 14.9. The summed E-state index contributed by atoms with van der Waals surface area (Å²) in [6.45, 7) is 19.0. The molecule has 6 rings (SSSR count). The maximum Gasteiger partial charge on any atom is 0.327 e. The van der Waals surface area contributed by atoms with Crippen LogP contribution in [0.2, 0.25) is 0 Å². The predicted octanol–water partition coefficient (Wildman–Crippen LogP) is 10.6. The number of aromatic nitrogens is 2. The Morgan fingerprint density at radius 2 is 1.35 bits per heavy atom. The van der Waals surface area contributed by atoms with Crippen LogP contribution in [-0.2, 0) is 14.3 Å². The number of carbonyl (C=O) groups is 3. The van der Waals surface area contributed by atoms with Crippen LogP contribution in [0.4, 0.5) is 4.79 Å². The van der Waals surface area contributed by atoms with Gasteiger partial charge in [-0.25, -0.2) is 4.79 Å². The SMILES string of the molecule is C/C=C\C=c1\cccc2c1c(C)\c(=C/C=C1\CCC(=C\C=c3/c4cccc5cccc(c54)n3C(C)CCC)\C1=C(\C=O)C(=O)N(C(=O)N(C)C(C)COC)C(C)C)n2C(C)CCC. The van der Waals surface area contributed by atoms with Crippen molar-refractivity contribution in [3.8, 4) is 0 Å². The van der Waals surface area contributed by atoms with E-state index in [2.05, 4.69) is 135 Å². The highest BCUT2D eigenvalue weighted by Gasteiger charge is 2.35. The zero-order valence-corrected chi connectivity index (χ0v) is 39.5. The molecule has 1 aliphatic rings. The van der Waals surface area contributed by atoms with Crippen molar-refractivity contribution in [2.45, 2.75) is 125 Å². The van der Waals surface area contributed by atoms with E-state index in [1.807, 2.05) is 33.8 Å². The number of hydrogen-bond donors (Lipinski definition) is 0. The Balaban J connectivity index is 1.65. The minimum atomic E-state index is -0.606. The lowest BCUT2D eigenvalue weighted by molar-refractivity contribution is -0.127. The van der Waals surface area contributed by atoms with Crippen LogP contribution in [0, 0.1) is 6.92 Å². The summed E-state index contributed by atoms with van der Waals surface area (Å²) in [6, 6.07) is 18.7. The fourth-order valence-corrected chi connectivity index (χ4v) is 9.72. The Kier molecular flexibility index (Phi) is 15.3. The van der Waals surface area contributed by atoms with Crippen molar-refractivity contribution in [2.75, 3.05) is 20.8 Å². The molecule has 3 amide bonds. The zero-order chi connectivity index (χ0) is 45.5. The quantitative estimate of drug-likeness (QED) is 0.0455. The molecule has 0 radical (unpaired) electrons. The summed E-state index contributed by atoms with van der Waals surface area (Å²) >= 11 is 0. The molecular formula is C55H68N4O4. The van der Waals surface area contributed by atoms with E-state index in [1.165, 1.54) is 47.9 Å². The molecule has 2 aromatic heterocycles. The van der Waals surface area contributed by atoms with E-state index < -0.39 is 18.0 Å². The summed E-state index contributed by atoms with van der Waals surface area (Å²) in [5.74, 6) is -0.606. The van der Waals surface area contributed by atoms with Crippen LogP contribution in [-0.4, -0.2) is 70.0 Å². The monoisotopic (exact) mass is 849 g/mol. The first kappa shape index (κ1) is 46.8. The van der Waals surface area contributed by atoms with Crippen molar-refractivity contribution in [3.63, 3.8) is 0 Å². The molecule has 8 nitrogen and oxygen atoms in total. The molecule has 0 N–H and O–H groups in total. The van der Waals surface area contributed by atoms with Gasteiger partial charge in [0.1, 0.15) is 0 Å². The lowest BCUT2D eigenvalue weighted by Crippen LogP contribution is -2.52. The van der Waals surface area contributed by atoms with Gasteiger partial charge in [0.25, 0.3) is 5.91 Å². The third-order valence-electron chi connectivity index (χ3n) is 12.9. The van der Waals surface area contributed by atoms with Crippen molar-refractivity contribution in [1.82, 2.24) is 18.9 Å². The molecule has 0 aliphatic heterocycles. The Hall–Kier alpha value is -5.73. The molecule has 332 valence electrons. The van der Waals surface area contributed by atoms with Gasteiger partial charge in [0.15, 0.2) is 6.29 Å². The van der Waals surface area contributed by atoms with Gasteiger partial charge in [0.05, 0.1) is 18.2 Å². The summed E-state index contributed by atoms with van der Waals surface area (Å²) < 4.78 is 10.2. The van der Waals surface area contributed by atoms with Gasteiger partial charge in [-0.2, -0.15) is 0 Å². The number of methoxy groups -OCH3 is 1. The van der Waals surface area contributed by atoms with Crippen LogP contribution < -0.4 is 15.9 Å².